The Morgan fingerprint density at radius 1 is 1.13 bits per heavy atom. The van der Waals surface area contributed by atoms with E-state index in [0.29, 0.717) is 5.56 Å². The highest BCUT2D eigenvalue weighted by Crippen LogP contribution is 2.25. The summed E-state index contributed by atoms with van der Waals surface area (Å²) in [6.07, 6.45) is -3.80. The van der Waals surface area contributed by atoms with E-state index < -0.39 is 17.3 Å². The average molecular weight is 219 g/mol. The largest absolute Gasteiger partial charge is 0.491 e. The van der Waals surface area contributed by atoms with Crippen molar-refractivity contribution in [1.29, 1.82) is 0 Å². The molecular weight excluding hydrogens is 207 g/mol. The summed E-state index contributed by atoms with van der Waals surface area (Å²) < 4.78 is 36.9. The topological polar surface area (TPSA) is 22.0 Å². The Morgan fingerprint density at radius 2 is 1.67 bits per heavy atom. The lowest BCUT2D eigenvalue weighted by Crippen LogP contribution is -2.31. The normalized spacial score (nSPS) is 12.9. The molecule has 0 aromatic carbocycles. The van der Waals surface area contributed by atoms with Crippen LogP contribution in [0.2, 0.25) is 0 Å². The van der Waals surface area contributed by atoms with Crippen molar-refractivity contribution < 1.29 is 13.2 Å². The van der Waals surface area contributed by atoms with E-state index >= 15 is 0 Å². The van der Waals surface area contributed by atoms with Gasteiger partial charge in [0.05, 0.1) is 0 Å². The van der Waals surface area contributed by atoms with Crippen molar-refractivity contribution in [3.63, 3.8) is 0 Å². The molecule has 0 unspecified atom stereocenters. The van der Waals surface area contributed by atoms with Crippen LogP contribution in [-0.2, 0) is 11.7 Å². The number of aromatic nitrogens is 1. The van der Waals surface area contributed by atoms with Crippen molar-refractivity contribution in [2.24, 2.45) is 0 Å². The fourth-order valence-corrected chi connectivity index (χ4v) is 1.13. The summed E-state index contributed by atoms with van der Waals surface area (Å²) in [4.78, 5) is 11.0. The van der Waals surface area contributed by atoms with Crippen LogP contribution >= 0.6 is 0 Å². The van der Waals surface area contributed by atoms with Gasteiger partial charge in [-0.1, -0.05) is 26.8 Å². The molecule has 1 aromatic heterocycles. The van der Waals surface area contributed by atoms with E-state index in [0.717, 1.165) is 12.3 Å². The van der Waals surface area contributed by atoms with Crippen LogP contribution in [0.1, 0.15) is 26.3 Å². The van der Waals surface area contributed by atoms with Crippen LogP contribution < -0.4 is 5.56 Å². The van der Waals surface area contributed by atoms with Crippen LogP contribution in [0.4, 0.5) is 13.2 Å². The summed E-state index contributed by atoms with van der Waals surface area (Å²) in [5, 5.41) is 0. The van der Waals surface area contributed by atoms with Gasteiger partial charge in [0.25, 0.3) is 5.56 Å². The second kappa shape index (κ2) is 3.40. The summed E-state index contributed by atoms with van der Waals surface area (Å²) in [7, 11) is 0. The summed E-state index contributed by atoms with van der Waals surface area (Å²) in [5.74, 6) is 0. The molecule has 0 N–H and O–H groups in total. The van der Waals surface area contributed by atoms with Crippen LogP contribution in [0, 0.1) is 0 Å². The molecule has 1 rings (SSSR count). The molecule has 0 aliphatic carbocycles. The number of rotatable bonds is 0. The summed E-state index contributed by atoms with van der Waals surface area (Å²) in [6.45, 7) is 5.36. The minimum atomic E-state index is -4.65. The van der Waals surface area contributed by atoms with E-state index in [9.17, 15) is 18.0 Å². The van der Waals surface area contributed by atoms with Crippen LogP contribution in [0.3, 0.4) is 0 Å². The fraction of sp³-hybridized carbons (Fsp3) is 0.500. The zero-order valence-electron chi connectivity index (χ0n) is 8.72. The predicted molar refractivity (Wildman–Crippen MR) is 50.7 cm³/mol. The molecule has 0 aliphatic rings. The molecule has 0 atom stereocenters. The first-order valence-corrected chi connectivity index (χ1v) is 4.43. The lowest BCUT2D eigenvalue weighted by molar-refractivity contribution is -0.206. The van der Waals surface area contributed by atoms with Gasteiger partial charge in [0.2, 0.25) is 0 Å². The number of pyridine rings is 1. The molecular formula is C10H12F3NO. The van der Waals surface area contributed by atoms with Crippen molar-refractivity contribution in [2.75, 3.05) is 0 Å². The molecule has 0 saturated heterocycles. The van der Waals surface area contributed by atoms with E-state index in [4.69, 9.17) is 0 Å². The van der Waals surface area contributed by atoms with E-state index in [-0.39, 0.29) is 4.57 Å². The van der Waals surface area contributed by atoms with Crippen LogP contribution in [0.25, 0.3) is 0 Å². The van der Waals surface area contributed by atoms with E-state index in [1.807, 2.05) is 0 Å². The van der Waals surface area contributed by atoms with E-state index in [1.54, 1.807) is 20.8 Å². The molecule has 2 nitrogen and oxygen atoms in total. The SMILES string of the molecule is CC(C)(C)c1ccc(=O)n(C(F)(F)F)c1. The molecule has 1 heterocycles. The van der Waals surface area contributed by atoms with E-state index in [1.165, 1.54) is 6.07 Å². The van der Waals surface area contributed by atoms with Gasteiger partial charge in [0.15, 0.2) is 0 Å². The fourth-order valence-electron chi connectivity index (χ4n) is 1.13. The van der Waals surface area contributed by atoms with Crippen molar-refractivity contribution in [3.8, 4) is 0 Å². The summed E-state index contributed by atoms with van der Waals surface area (Å²) >= 11 is 0. The molecule has 0 spiro atoms. The molecule has 0 radical (unpaired) electrons. The monoisotopic (exact) mass is 219 g/mol. The lowest BCUT2D eigenvalue weighted by Gasteiger charge is -2.20. The maximum Gasteiger partial charge on any atom is 0.491 e. The third kappa shape index (κ3) is 2.61. The Morgan fingerprint density at radius 3 is 2.07 bits per heavy atom. The quantitative estimate of drug-likeness (QED) is 0.657. The first-order valence-electron chi connectivity index (χ1n) is 4.43. The highest BCUT2D eigenvalue weighted by atomic mass is 19.4. The molecule has 5 heteroatoms. The molecule has 15 heavy (non-hydrogen) atoms. The minimum absolute atomic E-state index is 0.201. The van der Waals surface area contributed by atoms with Crippen LogP contribution in [0.5, 0.6) is 0 Å². The number of hydrogen-bond acceptors (Lipinski definition) is 1. The van der Waals surface area contributed by atoms with Crippen molar-refractivity contribution in [1.82, 2.24) is 4.57 Å². The van der Waals surface area contributed by atoms with Crippen LogP contribution in [0.15, 0.2) is 23.1 Å². The van der Waals surface area contributed by atoms with Gasteiger partial charge in [0.1, 0.15) is 0 Å². The van der Waals surface area contributed by atoms with Gasteiger partial charge in [-0.05, 0) is 11.0 Å². The van der Waals surface area contributed by atoms with Gasteiger partial charge in [-0.15, -0.1) is 13.2 Å². The van der Waals surface area contributed by atoms with E-state index in [2.05, 4.69) is 0 Å². The van der Waals surface area contributed by atoms with Gasteiger partial charge in [-0.3, -0.25) is 4.79 Å². The Balaban J connectivity index is 3.37. The maximum absolute atomic E-state index is 12.4. The number of nitrogens with zero attached hydrogens (tertiary/aromatic N) is 1. The zero-order valence-corrected chi connectivity index (χ0v) is 8.72. The predicted octanol–water partition coefficient (Wildman–Crippen LogP) is 2.62. The molecule has 1 aromatic rings. The minimum Gasteiger partial charge on any atom is -0.269 e. The third-order valence-electron chi connectivity index (χ3n) is 2.05. The first kappa shape index (κ1) is 11.8. The highest BCUT2D eigenvalue weighted by molar-refractivity contribution is 5.19. The third-order valence-corrected chi connectivity index (χ3v) is 2.05. The standard InChI is InChI=1S/C10H12F3NO/c1-9(2,3)7-4-5-8(15)14(6-7)10(11,12)13/h4-6H,1-3H3. The van der Waals surface area contributed by atoms with Gasteiger partial charge >= 0.3 is 6.30 Å². The van der Waals surface area contributed by atoms with Crippen molar-refractivity contribution in [2.45, 2.75) is 32.5 Å². The average Bonchev–Trinajstić information content (AvgIpc) is 2.00. The molecule has 0 saturated carbocycles. The second-order valence-electron chi connectivity index (χ2n) is 4.34. The van der Waals surface area contributed by atoms with Gasteiger partial charge < -0.3 is 0 Å². The zero-order chi connectivity index (χ0) is 11.9. The Labute approximate surface area is 85.3 Å². The summed E-state index contributed by atoms with van der Waals surface area (Å²) in [6, 6.07) is 2.36. The Hall–Kier alpha value is -1.26. The summed E-state index contributed by atoms with van der Waals surface area (Å²) in [5.41, 5.74) is -1.00. The van der Waals surface area contributed by atoms with Crippen molar-refractivity contribution >= 4 is 0 Å². The number of alkyl halides is 3. The second-order valence-corrected chi connectivity index (χ2v) is 4.34. The Bertz CT molecular complexity index is 412. The van der Waals surface area contributed by atoms with Crippen molar-refractivity contribution in [3.05, 3.63) is 34.2 Å². The van der Waals surface area contributed by atoms with Gasteiger partial charge in [0, 0.05) is 12.3 Å². The molecule has 0 fully saturated rings. The number of hydrogen-bond donors (Lipinski definition) is 0. The van der Waals surface area contributed by atoms with Gasteiger partial charge in [-0.25, -0.2) is 4.57 Å². The highest BCUT2D eigenvalue weighted by Gasteiger charge is 2.32. The molecule has 84 valence electrons. The smallest absolute Gasteiger partial charge is 0.269 e. The molecule has 0 bridgehead atoms. The number of halogens is 3. The lowest BCUT2D eigenvalue weighted by atomic mass is 9.88. The maximum atomic E-state index is 12.4. The molecule has 0 aliphatic heterocycles. The van der Waals surface area contributed by atoms with Crippen LogP contribution in [-0.4, -0.2) is 4.57 Å². The molecule has 0 amide bonds. The Kier molecular flexibility index (Phi) is 2.67. The first-order chi connectivity index (χ1) is 6.62. The van der Waals surface area contributed by atoms with Gasteiger partial charge in [-0.2, -0.15) is 0 Å².